The third-order valence-corrected chi connectivity index (χ3v) is 21.5. The molecule has 0 aliphatic heterocycles. The third kappa shape index (κ3) is 53.9. The van der Waals surface area contributed by atoms with E-state index in [1.807, 2.05) is 111 Å². The fourth-order valence-corrected chi connectivity index (χ4v) is 14.7. The van der Waals surface area contributed by atoms with Gasteiger partial charge in [-0.25, -0.2) is 0 Å². The van der Waals surface area contributed by atoms with Crippen LogP contribution in [0.1, 0.15) is 292 Å². The van der Waals surface area contributed by atoms with Crippen LogP contribution in [0.4, 0.5) is 0 Å². The van der Waals surface area contributed by atoms with Crippen LogP contribution in [0.5, 0.6) is 0 Å². The second kappa shape index (κ2) is 67.9. The number of primary amides is 1. The molecule has 0 saturated carbocycles. The summed E-state index contributed by atoms with van der Waals surface area (Å²) in [5, 5.41) is 44.1. The van der Waals surface area contributed by atoms with Crippen LogP contribution < -0.4 is 125 Å². The number of hydrogen-bond acceptors (Lipinski definition) is 23. The van der Waals surface area contributed by atoms with Gasteiger partial charge in [-0.1, -0.05) is 111 Å². The average molecular weight is 1860 g/mol. The molecule has 0 aromatic rings. The Bertz CT molecular complexity index is 3500. The molecule has 754 valence electrons. The van der Waals surface area contributed by atoms with E-state index in [2.05, 4.69) is 85.1 Å². The minimum Gasteiger partial charge on any atom is -0.368 e. The van der Waals surface area contributed by atoms with Gasteiger partial charge in [-0.3, -0.25) is 81.5 Å². The molecule has 0 bridgehead atoms. The summed E-state index contributed by atoms with van der Waals surface area (Å²) in [5.74, 6) is -13.8. The quantitative estimate of drug-likeness (QED) is 0.0358. The standard InChI is InChI=1S/C91H173N23O17/c1-52(2)43-68(101-61(18)115)85(125)104-62(31-19-25-37-92)78(118)102-64(33-21-27-39-94)80(120)109-73(48-57(11)12)90(130)114-72(47-56(9)10)88(128)107-67(36-24-30-42-97)83(123)111-75(50-59(15)16)91(131)112-70(45-54(5)6)86(126)105-63(32-20-26-38-93)79(119)103-65(34-22-28-40-95)81(121)110-74(49-58(13)14)89(129)113-71(46-55(7)8)87(127)106-66(35-23-29-41-96)82(122)108-69(44-53(3)4)84(124)100-60(17)77(117)99-51-76(98)116/h52-60,62-75H,19-51,92-97H2,1-18H3,(H2,98,116)(H,99,117)(H,100,124)(H,101,115)(H,102,118)(H,103,119)(H,104,125)(H,105,126)(H,106,127)(H,107,128)(H,108,122)(H,109,120)(H,110,121)(H,111,123)(H,112,131)(H,113,129)(H,114,130)/t60-,62-,63-,64-,65-,66-,67-,68-,69-,70-,71-,72-,73-,74-,75-/m0/s1. The molecule has 30 N–H and O–H groups in total. The van der Waals surface area contributed by atoms with E-state index in [1.54, 1.807) is 0 Å². The van der Waals surface area contributed by atoms with Gasteiger partial charge in [0.05, 0.1) is 6.54 Å². The van der Waals surface area contributed by atoms with Crippen molar-refractivity contribution in [3.05, 3.63) is 0 Å². The third-order valence-electron chi connectivity index (χ3n) is 21.5. The van der Waals surface area contributed by atoms with Gasteiger partial charge in [-0.2, -0.15) is 0 Å². The normalized spacial score (nSPS) is 15.0. The molecule has 0 rings (SSSR count). The van der Waals surface area contributed by atoms with Gasteiger partial charge < -0.3 is 125 Å². The molecule has 0 unspecified atom stereocenters. The van der Waals surface area contributed by atoms with Gasteiger partial charge >= 0.3 is 0 Å². The molecule has 0 fully saturated rings. The Balaban J connectivity index is 7.47. The first-order valence-corrected chi connectivity index (χ1v) is 47.9. The van der Waals surface area contributed by atoms with Crippen molar-refractivity contribution in [1.29, 1.82) is 0 Å². The predicted molar refractivity (Wildman–Crippen MR) is 506 cm³/mol. The van der Waals surface area contributed by atoms with Crippen molar-refractivity contribution < 1.29 is 81.5 Å². The van der Waals surface area contributed by atoms with Crippen molar-refractivity contribution in [2.75, 3.05) is 45.8 Å². The zero-order valence-corrected chi connectivity index (χ0v) is 82.1. The first-order valence-electron chi connectivity index (χ1n) is 47.9. The lowest BCUT2D eigenvalue weighted by atomic mass is 9.98. The van der Waals surface area contributed by atoms with Crippen molar-refractivity contribution in [2.24, 2.45) is 87.5 Å². The highest BCUT2D eigenvalue weighted by molar-refractivity contribution is 6.01. The van der Waals surface area contributed by atoms with Crippen LogP contribution in [-0.2, 0) is 81.5 Å². The second-order valence-corrected chi connectivity index (χ2v) is 38.2. The van der Waals surface area contributed by atoms with E-state index in [0.29, 0.717) is 83.6 Å². The van der Waals surface area contributed by atoms with E-state index in [1.165, 1.54) is 13.8 Å². The molecule has 0 spiro atoms. The van der Waals surface area contributed by atoms with Crippen LogP contribution in [0, 0.1) is 47.3 Å². The zero-order chi connectivity index (χ0) is 99.7. The lowest BCUT2D eigenvalue weighted by Crippen LogP contribution is -2.61. The minimum atomic E-state index is -1.34. The molecule has 0 heterocycles. The molecular formula is C91H173N23O17. The topological polar surface area (TPSA) is 665 Å². The Hall–Kier alpha value is -9.25. The molecule has 17 amide bonds. The van der Waals surface area contributed by atoms with Crippen molar-refractivity contribution in [2.45, 2.75) is 382 Å². The van der Waals surface area contributed by atoms with Gasteiger partial charge in [-0.05, 0) is 260 Å². The molecule has 0 aromatic carbocycles. The van der Waals surface area contributed by atoms with E-state index < -0.39 is 198 Å². The van der Waals surface area contributed by atoms with Crippen LogP contribution in [0.15, 0.2) is 0 Å². The van der Waals surface area contributed by atoms with Gasteiger partial charge in [0.25, 0.3) is 0 Å². The van der Waals surface area contributed by atoms with Crippen molar-refractivity contribution in [3.8, 4) is 0 Å². The van der Waals surface area contributed by atoms with E-state index >= 15 is 0 Å². The van der Waals surface area contributed by atoms with Crippen LogP contribution in [0.2, 0.25) is 0 Å². The maximum atomic E-state index is 14.9. The number of nitrogens with two attached hydrogens (primary N) is 7. The SMILES string of the molecule is CC(=O)N[C@@H](CC(C)C)C(=O)N[C@@H](CCCCN)C(=O)N[C@@H](CCCCN)C(=O)N[C@@H](CC(C)C)C(=O)N[C@@H](CC(C)C)C(=O)N[C@@H](CCCCN)C(=O)N[C@@H](CC(C)C)C(=O)N[C@@H](CC(C)C)C(=O)N[C@@H](CCCCN)C(=O)N[C@@H](CCCCN)C(=O)N[C@@H](CC(C)C)C(=O)N[C@@H](CC(C)C)C(=O)N[C@@H](CCCCN)C(=O)N[C@@H](CC(C)C)C(=O)N[C@@H](C)C(=O)NCC(N)=O. The number of carbonyl (C=O) groups excluding carboxylic acids is 17. The van der Waals surface area contributed by atoms with Crippen molar-refractivity contribution >= 4 is 100 Å². The molecule has 40 nitrogen and oxygen atoms in total. The summed E-state index contributed by atoms with van der Waals surface area (Å²) in [6.07, 6.45) is 6.01. The number of hydrogen-bond donors (Lipinski definition) is 23. The first-order chi connectivity index (χ1) is 61.6. The molecule has 0 aliphatic carbocycles. The summed E-state index contributed by atoms with van der Waals surface area (Å²) in [6.45, 7) is 33.0. The predicted octanol–water partition coefficient (Wildman–Crippen LogP) is 0.0425. The highest BCUT2D eigenvalue weighted by atomic mass is 16.2. The highest BCUT2D eigenvalue weighted by Crippen LogP contribution is 2.19. The van der Waals surface area contributed by atoms with Gasteiger partial charge in [0.2, 0.25) is 100 Å². The number of rotatable bonds is 72. The van der Waals surface area contributed by atoms with Gasteiger partial charge in [0.15, 0.2) is 0 Å². The van der Waals surface area contributed by atoms with E-state index in [9.17, 15) is 81.5 Å². The molecular weight excluding hydrogens is 1690 g/mol. The summed E-state index contributed by atoms with van der Waals surface area (Å²) in [4.78, 5) is 240. The Morgan fingerprint density at radius 1 is 0.191 bits per heavy atom. The van der Waals surface area contributed by atoms with Crippen LogP contribution in [0.3, 0.4) is 0 Å². The second-order valence-electron chi connectivity index (χ2n) is 38.2. The Labute approximate surface area is 779 Å². The Morgan fingerprint density at radius 2 is 0.328 bits per heavy atom. The van der Waals surface area contributed by atoms with Gasteiger partial charge in [0.1, 0.15) is 90.6 Å². The summed E-state index contributed by atoms with van der Waals surface area (Å²) < 4.78 is 0. The number of amides is 17. The molecule has 0 radical (unpaired) electrons. The van der Waals surface area contributed by atoms with E-state index in [-0.39, 0.29) is 170 Å². The molecule has 0 saturated heterocycles. The number of nitrogens with one attached hydrogen (secondary N) is 16. The van der Waals surface area contributed by atoms with Gasteiger partial charge in [-0.15, -0.1) is 0 Å². The molecule has 0 aromatic heterocycles. The smallest absolute Gasteiger partial charge is 0.243 e. The first kappa shape index (κ1) is 122. The summed E-state index contributed by atoms with van der Waals surface area (Å²) in [6, 6.07) is -18.6. The fraction of sp³-hybridized carbons (Fsp3) is 0.813. The minimum absolute atomic E-state index is 0.00144. The van der Waals surface area contributed by atoms with Gasteiger partial charge in [0, 0.05) is 6.92 Å². The number of carbonyl (C=O) groups is 17. The summed E-state index contributed by atoms with van der Waals surface area (Å²) in [7, 11) is 0. The van der Waals surface area contributed by atoms with Crippen molar-refractivity contribution in [3.63, 3.8) is 0 Å². The largest absolute Gasteiger partial charge is 0.368 e. The van der Waals surface area contributed by atoms with Crippen LogP contribution >= 0.6 is 0 Å². The highest BCUT2D eigenvalue weighted by Gasteiger charge is 2.40. The Morgan fingerprint density at radius 3 is 0.466 bits per heavy atom. The molecule has 131 heavy (non-hydrogen) atoms. The average Bonchev–Trinajstić information content (AvgIpc) is 0.847. The molecule has 0 aliphatic rings. The Kier molecular flexibility index (Phi) is 63.1. The van der Waals surface area contributed by atoms with E-state index in [4.69, 9.17) is 40.1 Å². The summed E-state index contributed by atoms with van der Waals surface area (Å²) >= 11 is 0. The molecule has 15 atom stereocenters. The van der Waals surface area contributed by atoms with Crippen molar-refractivity contribution in [1.82, 2.24) is 85.1 Å². The van der Waals surface area contributed by atoms with Crippen LogP contribution in [-0.4, -0.2) is 237 Å². The maximum Gasteiger partial charge on any atom is 0.243 e. The maximum absolute atomic E-state index is 14.9. The monoisotopic (exact) mass is 1860 g/mol. The van der Waals surface area contributed by atoms with Crippen LogP contribution in [0.25, 0.3) is 0 Å². The van der Waals surface area contributed by atoms with E-state index in [0.717, 1.165) is 0 Å². The lowest BCUT2D eigenvalue weighted by Gasteiger charge is -2.30. The fourth-order valence-electron chi connectivity index (χ4n) is 14.7. The lowest BCUT2D eigenvalue weighted by molar-refractivity contribution is -0.137. The summed E-state index contributed by atoms with van der Waals surface area (Å²) in [5.41, 5.74) is 40.5. The number of unbranched alkanes of at least 4 members (excludes halogenated alkanes) is 6. The zero-order valence-electron chi connectivity index (χ0n) is 82.1. The molecule has 40 heteroatoms.